The molecule has 2 aromatic heterocycles. The van der Waals surface area contributed by atoms with E-state index in [4.69, 9.17) is 102 Å². The fourth-order valence-electron chi connectivity index (χ4n) is 1.16. The van der Waals surface area contributed by atoms with Crippen LogP contribution >= 0.6 is 0 Å². The van der Waals surface area contributed by atoms with E-state index >= 15 is 0 Å². The monoisotopic (exact) mass is 766 g/mol. The number of carboxylic acids is 8. The van der Waals surface area contributed by atoms with Gasteiger partial charge in [0, 0.05) is 50.4 Å². The summed E-state index contributed by atoms with van der Waals surface area (Å²) >= 11 is 0. The molecule has 0 aromatic carbocycles. The third-order valence-electron chi connectivity index (χ3n) is 2.77. The van der Waals surface area contributed by atoms with Crippen LogP contribution < -0.4 is 73.8 Å². The first-order chi connectivity index (χ1) is 20.4. The van der Waals surface area contributed by atoms with Crippen molar-refractivity contribution in [2.24, 2.45) is 22.9 Å². The third kappa shape index (κ3) is 57.2. The fourth-order valence-corrected chi connectivity index (χ4v) is 1.16. The minimum absolute atomic E-state index is 0. The number of rotatable bonds is 3. The predicted molar refractivity (Wildman–Crippen MR) is 125 cm³/mol. The number of carbonyl (C=O) groups is 8. The molecule has 0 aliphatic carbocycles. The smallest absolute Gasteiger partial charge is 0.543 e. The number of H-pyrrole nitrogens is 2. The van der Waals surface area contributed by atoms with E-state index < -0.39 is 47.8 Å². The van der Waals surface area contributed by atoms with Crippen LogP contribution in [0.2, 0.25) is 0 Å². The van der Waals surface area contributed by atoms with Crippen LogP contribution in [0.3, 0.4) is 0 Å². The number of hydrogen-bond donors (Lipinski definition) is 4. The van der Waals surface area contributed by atoms with Gasteiger partial charge in [0.2, 0.25) is 0 Å². The molecular weight excluding hydrogens is 738 g/mol. The molecule has 0 aliphatic rings. The molecule has 2 rings (SSSR count). The summed E-state index contributed by atoms with van der Waals surface area (Å²) in [5.74, 6) is -17.5. The van der Waals surface area contributed by atoms with E-state index in [0.29, 0.717) is 26.2 Å². The van der Waals surface area contributed by atoms with Crippen molar-refractivity contribution in [1.82, 2.24) is 0 Å². The molecule has 23 nitrogen and oxygen atoms in total. The molecule has 0 bridgehead atoms. The van der Waals surface area contributed by atoms with Crippen LogP contribution in [0.4, 0.5) is 0 Å². The van der Waals surface area contributed by atoms with Gasteiger partial charge in [0.05, 0.1) is 47.8 Å². The zero-order valence-electron chi connectivity index (χ0n) is 23.5. The normalized spacial score (nSPS) is 7.49. The summed E-state index contributed by atoms with van der Waals surface area (Å²) in [5, 5.41) is 71.4. The molecule has 266 valence electrons. The van der Waals surface area contributed by atoms with Crippen LogP contribution in [0, 0.1) is 0 Å². The first kappa shape index (κ1) is 61.0. The van der Waals surface area contributed by atoms with Crippen LogP contribution in [0.25, 0.3) is 11.1 Å². The van der Waals surface area contributed by atoms with Gasteiger partial charge in [-0.15, -0.1) is 0 Å². The zero-order valence-corrected chi connectivity index (χ0v) is 25.5. The molecule has 47 heavy (non-hydrogen) atoms. The van der Waals surface area contributed by atoms with Crippen LogP contribution in [0.5, 0.6) is 0 Å². The molecule has 0 spiro atoms. The van der Waals surface area contributed by atoms with Gasteiger partial charge in [-0.3, -0.25) is 0 Å². The van der Waals surface area contributed by atoms with Gasteiger partial charge in [0.1, 0.15) is 0 Å². The quantitative estimate of drug-likeness (QED) is 0.211. The maximum atomic E-state index is 8.93. The number of aromatic nitrogens is 2. The van der Waals surface area contributed by atoms with Crippen LogP contribution in [-0.2, 0) is 71.9 Å². The van der Waals surface area contributed by atoms with Gasteiger partial charge < -0.3 is 108 Å². The van der Waals surface area contributed by atoms with Crippen LogP contribution in [0.1, 0.15) is 0 Å². The van der Waals surface area contributed by atoms with Gasteiger partial charge in [-0.05, 0) is 11.1 Å². The minimum Gasteiger partial charge on any atom is -0.543 e. The Morgan fingerprint density at radius 2 is 0.532 bits per heavy atom. The van der Waals surface area contributed by atoms with E-state index in [2.05, 4.69) is 34.2 Å². The second-order valence-electron chi connectivity index (χ2n) is 6.03. The third-order valence-corrected chi connectivity index (χ3v) is 2.77. The summed E-state index contributed by atoms with van der Waals surface area (Å²) < 4.78 is 0. The summed E-state index contributed by atoms with van der Waals surface area (Å²) in [6.45, 7) is 2.39. The molecule has 0 aliphatic heterocycles. The summed E-state index contributed by atoms with van der Waals surface area (Å²) in [5.41, 5.74) is 22.1. The fraction of sp³-hybridized carbons (Fsp3) is 0.182. The number of carbonyl (C=O) groups excluding carboxylic acids is 8. The zero-order chi connectivity index (χ0) is 35.7. The number of carboxylic acid groups (broad SMARTS) is 8. The van der Waals surface area contributed by atoms with Gasteiger partial charge in [0.15, 0.2) is 24.8 Å². The number of aliphatic carboxylic acids is 8. The second kappa shape index (κ2) is 43.0. The molecule has 12 N–H and O–H groups in total. The van der Waals surface area contributed by atoms with Crippen molar-refractivity contribution in [3.63, 3.8) is 0 Å². The Labute approximate surface area is 284 Å². The Hall–Kier alpha value is -5.13. The Balaban J connectivity index is -0.0000000649. The first-order valence-corrected chi connectivity index (χ1v) is 10.8. The number of nitrogens with two attached hydrogens (primary N) is 4. The molecule has 0 saturated carbocycles. The maximum Gasteiger partial charge on any atom is 3.00 e. The van der Waals surface area contributed by atoms with Crippen molar-refractivity contribution in [3.8, 4) is 11.1 Å². The summed E-state index contributed by atoms with van der Waals surface area (Å²) in [7, 11) is 0. The van der Waals surface area contributed by atoms with Crippen molar-refractivity contribution < 1.29 is 128 Å². The molecule has 0 atom stereocenters. The topological polar surface area (TPSA) is 485 Å². The van der Waals surface area contributed by atoms with Gasteiger partial charge in [-0.1, -0.05) is 0 Å². The average Bonchev–Trinajstić information content (AvgIpc) is 2.99. The Bertz CT molecular complexity index is 958. The number of hydrogen-bond acceptors (Lipinski definition) is 20. The first-order valence-electron chi connectivity index (χ1n) is 10.8. The second-order valence-corrected chi connectivity index (χ2v) is 6.03. The van der Waals surface area contributed by atoms with Gasteiger partial charge in [-0.2, -0.15) is 0 Å². The van der Waals surface area contributed by atoms with E-state index in [1.165, 1.54) is 11.1 Å². The Morgan fingerprint density at radius 1 is 0.404 bits per heavy atom. The standard InChI is InChI=1S/C10H8N2.2C2H8N2.4C2H2O4.2Co.H2O/c1-5-11-6-2-9(1)10-3-7-12-8-4-10;2*3-1-2-4;4*3-1(4)2(5)6;;;/h1-8H;2*1-4H2;4*(H,3,4)(H,5,6);;;1H2/q;;;;;;;2*+3;/p-6. The molecular formula is C22H28Co2N6O17. The molecule has 0 fully saturated rings. The van der Waals surface area contributed by atoms with E-state index in [1.54, 1.807) is 0 Å². The van der Waals surface area contributed by atoms with Gasteiger partial charge in [0.25, 0.3) is 0 Å². The molecule has 2 aromatic rings. The van der Waals surface area contributed by atoms with E-state index in [1.807, 2.05) is 24.8 Å². The van der Waals surface area contributed by atoms with Crippen LogP contribution in [0.15, 0.2) is 49.1 Å². The molecule has 2 heterocycles. The molecule has 0 saturated heterocycles. The van der Waals surface area contributed by atoms with Crippen molar-refractivity contribution in [2.75, 3.05) is 26.2 Å². The molecule has 0 unspecified atom stereocenters. The van der Waals surface area contributed by atoms with Crippen LogP contribution in [-0.4, -0.2) is 79.4 Å². The average molecular weight is 766 g/mol. The predicted octanol–water partition coefficient (Wildman–Crippen LogP) is -16.1. The summed E-state index contributed by atoms with van der Waals surface area (Å²) in [6.07, 6.45) is 7.69. The SMILES string of the molecule is NCCN.NCCN.O.O=C([O-])C(=O)[O-].O=C([O-])C(=O)[O-].O=C([O-])C(=O)[O-].O=C([O-])C(=O)[O-].[Co+3].[Co+3].c1cc(-c2cc[nH+]cc2)cc[nH+]1. The summed E-state index contributed by atoms with van der Waals surface area (Å²) in [4.78, 5) is 77.4. The van der Waals surface area contributed by atoms with E-state index in [9.17, 15) is 0 Å². The molecule has 0 radical (unpaired) electrons. The van der Waals surface area contributed by atoms with Crippen molar-refractivity contribution in [3.05, 3.63) is 49.1 Å². The van der Waals surface area contributed by atoms with Crippen molar-refractivity contribution >= 4 is 47.8 Å². The van der Waals surface area contributed by atoms with Gasteiger partial charge in [-0.25, -0.2) is 9.97 Å². The number of aromatic amines is 2. The number of nitrogens with one attached hydrogen (secondary N) is 2. The molecule has 25 heteroatoms. The van der Waals surface area contributed by atoms with Crippen molar-refractivity contribution in [1.29, 1.82) is 0 Å². The maximum absolute atomic E-state index is 8.93. The minimum atomic E-state index is -2.19. The van der Waals surface area contributed by atoms with Crippen molar-refractivity contribution in [2.45, 2.75) is 0 Å². The Kier molecular flexibility index (Phi) is 55.8. The Morgan fingerprint density at radius 3 is 0.617 bits per heavy atom. The van der Waals surface area contributed by atoms with E-state index in [0.717, 1.165) is 0 Å². The largest absolute Gasteiger partial charge is 3.00 e. The summed E-state index contributed by atoms with van der Waals surface area (Å²) in [6, 6.07) is 8.20. The number of pyridine rings is 2. The van der Waals surface area contributed by atoms with E-state index in [-0.39, 0.29) is 39.0 Å². The van der Waals surface area contributed by atoms with Gasteiger partial charge >= 0.3 is 33.6 Å². The molecule has 0 amide bonds.